The molecular weight excluding hydrogens is 202 g/mol. The van der Waals surface area contributed by atoms with Gasteiger partial charge in [0.05, 0.1) is 12.4 Å². The van der Waals surface area contributed by atoms with E-state index in [4.69, 9.17) is 4.74 Å². The van der Waals surface area contributed by atoms with Gasteiger partial charge in [0.2, 0.25) is 0 Å². The molecule has 1 rings (SSSR count). The molecule has 0 amide bonds. The largest absolute Gasteiger partial charge is 0.383 e. The van der Waals surface area contributed by atoms with Gasteiger partial charge in [0.15, 0.2) is 0 Å². The maximum absolute atomic E-state index is 4.96. The summed E-state index contributed by atoms with van der Waals surface area (Å²) in [4.78, 5) is 6.12. The molecule has 0 spiro atoms. The maximum Gasteiger partial charge on any atom is 0.0939 e. The van der Waals surface area contributed by atoms with Crippen molar-refractivity contribution in [2.45, 2.75) is 6.54 Å². The van der Waals surface area contributed by atoms with Crippen LogP contribution in [0.5, 0.6) is 0 Å². The highest BCUT2D eigenvalue weighted by atomic mass is 16.5. The Morgan fingerprint density at radius 3 is 3.06 bits per heavy atom. The fourth-order valence-corrected chi connectivity index (χ4v) is 1.29. The summed E-state index contributed by atoms with van der Waals surface area (Å²) < 4.78 is 4.96. The lowest BCUT2D eigenvalue weighted by Crippen LogP contribution is -2.29. The Balaban J connectivity index is 2.34. The summed E-state index contributed by atoms with van der Waals surface area (Å²) in [5, 5.41) is 3.19. The van der Waals surface area contributed by atoms with E-state index < -0.39 is 0 Å². The molecule has 4 heteroatoms. The van der Waals surface area contributed by atoms with Crippen molar-refractivity contribution in [3.63, 3.8) is 0 Å². The number of nitrogens with zero attached hydrogens (tertiary/aromatic N) is 2. The monoisotopic (exact) mass is 221 g/mol. The van der Waals surface area contributed by atoms with Gasteiger partial charge in [-0.2, -0.15) is 0 Å². The van der Waals surface area contributed by atoms with E-state index in [9.17, 15) is 0 Å². The van der Waals surface area contributed by atoms with Crippen LogP contribution in [0.1, 0.15) is 5.56 Å². The first-order valence-corrected chi connectivity index (χ1v) is 5.26. The molecule has 0 aliphatic carbocycles. The van der Waals surface area contributed by atoms with Crippen LogP contribution >= 0.6 is 0 Å². The first-order chi connectivity index (χ1) is 7.74. The summed E-state index contributed by atoms with van der Waals surface area (Å²) in [7, 11) is 3.68. The van der Waals surface area contributed by atoms with E-state index in [0.29, 0.717) is 6.61 Å². The van der Waals surface area contributed by atoms with Gasteiger partial charge in [0.25, 0.3) is 0 Å². The van der Waals surface area contributed by atoms with Crippen LogP contribution in [-0.4, -0.2) is 37.2 Å². The summed E-state index contributed by atoms with van der Waals surface area (Å²) in [6, 6.07) is 3.98. The smallest absolute Gasteiger partial charge is 0.0939 e. The van der Waals surface area contributed by atoms with Crippen molar-refractivity contribution in [3.05, 3.63) is 42.5 Å². The molecule has 0 aromatic carbocycles. The van der Waals surface area contributed by atoms with Crippen LogP contribution in [0.25, 0.3) is 0 Å². The van der Waals surface area contributed by atoms with Crippen molar-refractivity contribution in [3.8, 4) is 0 Å². The molecule has 0 unspecified atom stereocenters. The van der Waals surface area contributed by atoms with Gasteiger partial charge in [-0.3, -0.25) is 4.98 Å². The Bertz CT molecular complexity index is 313. The van der Waals surface area contributed by atoms with E-state index in [-0.39, 0.29) is 0 Å². The number of ether oxygens (including phenoxy) is 1. The molecule has 1 heterocycles. The van der Waals surface area contributed by atoms with Crippen molar-refractivity contribution in [2.24, 2.45) is 0 Å². The number of hydrogen-bond acceptors (Lipinski definition) is 4. The Labute approximate surface area is 96.9 Å². The SMILES string of the molecule is C=C(NCCOC)N(C)Cc1cccnc1. The highest BCUT2D eigenvalue weighted by Crippen LogP contribution is 2.03. The van der Waals surface area contributed by atoms with Crippen molar-refractivity contribution in [1.82, 2.24) is 15.2 Å². The number of aromatic nitrogens is 1. The molecule has 1 aromatic rings. The first-order valence-electron chi connectivity index (χ1n) is 5.26. The zero-order valence-corrected chi connectivity index (χ0v) is 9.94. The average molecular weight is 221 g/mol. The summed E-state index contributed by atoms with van der Waals surface area (Å²) in [5.74, 6) is 0.890. The number of methoxy groups -OCH3 is 1. The van der Waals surface area contributed by atoms with Crippen LogP contribution < -0.4 is 5.32 Å². The topological polar surface area (TPSA) is 37.4 Å². The molecular formula is C12H19N3O. The third-order valence-electron chi connectivity index (χ3n) is 2.24. The molecule has 0 saturated heterocycles. The number of nitrogens with one attached hydrogen (secondary N) is 1. The normalized spacial score (nSPS) is 9.88. The molecule has 1 N–H and O–H groups in total. The Morgan fingerprint density at radius 2 is 2.44 bits per heavy atom. The van der Waals surface area contributed by atoms with E-state index >= 15 is 0 Å². The van der Waals surface area contributed by atoms with E-state index in [1.54, 1.807) is 13.3 Å². The van der Waals surface area contributed by atoms with Crippen LogP contribution in [0, 0.1) is 0 Å². The second-order valence-electron chi connectivity index (χ2n) is 3.58. The third kappa shape index (κ3) is 4.31. The van der Waals surface area contributed by atoms with Gasteiger partial charge in [-0.25, -0.2) is 0 Å². The second-order valence-corrected chi connectivity index (χ2v) is 3.58. The van der Waals surface area contributed by atoms with E-state index in [1.165, 1.54) is 5.56 Å². The molecule has 0 fully saturated rings. The van der Waals surface area contributed by atoms with Gasteiger partial charge in [-0.15, -0.1) is 0 Å². The van der Waals surface area contributed by atoms with Gasteiger partial charge in [-0.1, -0.05) is 12.6 Å². The summed E-state index contributed by atoms with van der Waals surface area (Å²) >= 11 is 0. The van der Waals surface area contributed by atoms with Gasteiger partial charge in [-0.05, 0) is 11.6 Å². The highest BCUT2D eigenvalue weighted by Gasteiger charge is 2.02. The predicted octanol–water partition coefficient (Wildman–Crippen LogP) is 1.22. The minimum atomic E-state index is 0.680. The minimum absolute atomic E-state index is 0.680. The van der Waals surface area contributed by atoms with Crippen LogP contribution in [-0.2, 0) is 11.3 Å². The first kappa shape index (κ1) is 12.5. The van der Waals surface area contributed by atoms with Crippen molar-refractivity contribution in [1.29, 1.82) is 0 Å². The molecule has 0 aliphatic rings. The van der Waals surface area contributed by atoms with Crippen LogP contribution in [0.3, 0.4) is 0 Å². The van der Waals surface area contributed by atoms with Crippen molar-refractivity contribution in [2.75, 3.05) is 27.3 Å². The number of rotatable bonds is 7. The highest BCUT2D eigenvalue weighted by molar-refractivity contribution is 5.09. The van der Waals surface area contributed by atoms with Crippen LogP contribution in [0.15, 0.2) is 36.9 Å². The van der Waals surface area contributed by atoms with E-state index in [1.807, 2.05) is 30.3 Å². The molecule has 4 nitrogen and oxygen atoms in total. The molecule has 0 bridgehead atoms. The lowest BCUT2D eigenvalue weighted by Gasteiger charge is -2.22. The molecule has 0 radical (unpaired) electrons. The summed E-state index contributed by atoms with van der Waals surface area (Å²) in [5.41, 5.74) is 1.17. The van der Waals surface area contributed by atoms with Crippen molar-refractivity contribution < 1.29 is 4.74 Å². The van der Waals surface area contributed by atoms with Crippen molar-refractivity contribution >= 4 is 0 Å². The Morgan fingerprint density at radius 1 is 1.62 bits per heavy atom. The lowest BCUT2D eigenvalue weighted by atomic mass is 10.3. The molecule has 0 saturated carbocycles. The van der Waals surface area contributed by atoms with Gasteiger partial charge in [0, 0.05) is 39.6 Å². The zero-order valence-electron chi connectivity index (χ0n) is 9.94. The lowest BCUT2D eigenvalue weighted by molar-refractivity contribution is 0.198. The fraction of sp³-hybridized carbons (Fsp3) is 0.417. The third-order valence-corrected chi connectivity index (χ3v) is 2.24. The molecule has 1 aromatic heterocycles. The quantitative estimate of drug-likeness (QED) is 0.703. The molecule has 0 atom stereocenters. The van der Waals surface area contributed by atoms with Crippen LogP contribution in [0.4, 0.5) is 0 Å². The van der Waals surface area contributed by atoms with Gasteiger partial charge >= 0.3 is 0 Å². The zero-order chi connectivity index (χ0) is 11.8. The maximum atomic E-state index is 4.96. The average Bonchev–Trinajstić information content (AvgIpc) is 2.30. The standard InChI is InChI=1S/C12H19N3O/c1-11(14-7-8-16-3)15(2)10-12-5-4-6-13-9-12/h4-6,9,14H,1,7-8,10H2,2-3H3. The number of pyridine rings is 1. The van der Waals surface area contributed by atoms with Crippen LogP contribution in [0.2, 0.25) is 0 Å². The predicted molar refractivity (Wildman–Crippen MR) is 64.7 cm³/mol. The van der Waals surface area contributed by atoms with E-state index in [2.05, 4.69) is 16.9 Å². The Kier molecular flexibility index (Phi) is 5.36. The minimum Gasteiger partial charge on any atom is -0.383 e. The molecule has 0 aliphatic heterocycles. The fourth-order valence-electron chi connectivity index (χ4n) is 1.29. The summed E-state index contributed by atoms with van der Waals surface area (Å²) in [6.07, 6.45) is 3.63. The second kappa shape index (κ2) is 6.85. The Hall–Kier alpha value is -1.55. The molecule has 88 valence electrons. The summed E-state index contributed by atoms with van der Waals surface area (Å²) in [6.45, 7) is 6.21. The van der Waals surface area contributed by atoms with Gasteiger partial charge < -0.3 is 15.0 Å². The molecule has 16 heavy (non-hydrogen) atoms. The van der Waals surface area contributed by atoms with E-state index in [0.717, 1.165) is 18.9 Å². The number of hydrogen-bond donors (Lipinski definition) is 1. The van der Waals surface area contributed by atoms with Gasteiger partial charge in [0.1, 0.15) is 0 Å².